The van der Waals surface area contributed by atoms with Crippen LogP contribution in [0.25, 0.3) is 16.7 Å². The number of hydrogen-bond acceptors (Lipinski definition) is 2. The number of hydrogen-bond donors (Lipinski definition) is 0. The quantitative estimate of drug-likeness (QED) is 0.652. The number of nitrogens with zero attached hydrogens (tertiary/aromatic N) is 2. The van der Waals surface area contributed by atoms with Gasteiger partial charge in [-0.05, 0) is 36.8 Å². The molecule has 0 spiro atoms. The van der Waals surface area contributed by atoms with Gasteiger partial charge in [0.25, 0.3) is 0 Å². The van der Waals surface area contributed by atoms with Crippen molar-refractivity contribution >= 4 is 34.2 Å². The minimum atomic E-state index is 0.294. The molecular weight excluding hydrogens is 307 g/mol. The van der Waals surface area contributed by atoms with E-state index in [4.69, 9.17) is 27.9 Å². The molecule has 0 fully saturated rings. The van der Waals surface area contributed by atoms with Crippen LogP contribution in [0.5, 0.6) is 5.75 Å². The van der Waals surface area contributed by atoms with Crippen LogP contribution in [-0.4, -0.2) is 16.7 Å². The van der Waals surface area contributed by atoms with E-state index in [-0.39, 0.29) is 0 Å². The molecule has 0 aliphatic carbocycles. The molecule has 21 heavy (non-hydrogen) atoms. The molecule has 0 radical (unpaired) electrons. The average molecular weight is 321 g/mol. The molecule has 0 atom stereocenters. The first-order chi connectivity index (χ1) is 10.2. The number of alkyl halides is 1. The third kappa shape index (κ3) is 2.37. The molecule has 108 valence electrons. The number of benzene rings is 2. The minimum Gasteiger partial charge on any atom is -0.494 e. The molecule has 0 aliphatic rings. The van der Waals surface area contributed by atoms with Gasteiger partial charge in [0.2, 0.25) is 0 Å². The maximum atomic E-state index is 6.40. The Morgan fingerprint density at radius 3 is 2.71 bits per heavy atom. The van der Waals surface area contributed by atoms with Gasteiger partial charge in [0.1, 0.15) is 17.1 Å². The van der Waals surface area contributed by atoms with E-state index < -0.39 is 0 Å². The Hall–Kier alpha value is -1.71. The van der Waals surface area contributed by atoms with Gasteiger partial charge < -0.3 is 4.74 Å². The first-order valence-corrected chi connectivity index (χ1v) is 7.43. The summed E-state index contributed by atoms with van der Waals surface area (Å²) in [5.41, 5.74) is 3.69. The van der Waals surface area contributed by atoms with Crippen LogP contribution >= 0.6 is 23.2 Å². The Balaban J connectivity index is 2.35. The van der Waals surface area contributed by atoms with Crippen molar-refractivity contribution in [3.05, 3.63) is 52.8 Å². The third-order valence-electron chi connectivity index (χ3n) is 3.40. The second-order valence-electron chi connectivity index (χ2n) is 4.78. The molecule has 3 rings (SSSR count). The van der Waals surface area contributed by atoms with E-state index in [1.165, 1.54) is 0 Å². The lowest BCUT2D eigenvalue weighted by Gasteiger charge is -2.10. The number of methoxy groups -OCH3 is 1. The molecule has 0 amide bonds. The van der Waals surface area contributed by atoms with Gasteiger partial charge in [0.05, 0.1) is 29.2 Å². The fraction of sp³-hybridized carbons (Fsp3) is 0.188. The highest BCUT2D eigenvalue weighted by molar-refractivity contribution is 6.32. The second-order valence-corrected chi connectivity index (χ2v) is 5.45. The van der Waals surface area contributed by atoms with Gasteiger partial charge in [-0.25, -0.2) is 4.98 Å². The Morgan fingerprint density at radius 2 is 2.05 bits per heavy atom. The Kier molecular flexibility index (Phi) is 3.79. The Labute approximate surface area is 133 Å². The molecule has 5 heteroatoms. The summed E-state index contributed by atoms with van der Waals surface area (Å²) < 4.78 is 7.35. The SMILES string of the molecule is COc1cccc2c1nc(CCl)n2-c1ccc(C)cc1Cl. The number of fused-ring (bicyclic) bond motifs is 1. The predicted octanol–water partition coefficient (Wildman–Crippen LogP) is 4.73. The van der Waals surface area contributed by atoms with Crippen molar-refractivity contribution < 1.29 is 4.74 Å². The van der Waals surface area contributed by atoms with Gasteiger partial charge in [0.15, 0.2) is 0 Å². The number of halogens is 2. The van der Waals surface area contributed by atoms with E-state index >= 15 is 0 Å². The molecule has 0 N–H and O–H groups in total. The lowest BCUT2D eigenvalue weighted by atomic mass is 10.2. The normalized spacial score (nSPS) is 11.0. The average Bonchev–Trinajstić information content (AvgIpc) is 2.85. The third-order valence-corrected chi connectivity index (χ3v) is 3.94. The maximum absolute atomic E-state index is 6.40. The fourth-order valence-electron chi connectivity index (χ4n) is 2.44. The Bertz CT molecular complexity index is 811. The van der Waals surface area contributed by atoms with Crippen LogP contribution in [0.15, 0.2) is 36.4 Å². The molecule has 0 unspecified atom stereocenters. The summed E-state index contributed by atoms with van der Waals surface area (Å²) in [5.74, 6) is 1.75. The predicted molar refractivity (Wildman–Crippen MR) is 86.9 cm³/mol. The van der Waals surface area contributed by atoms with Gasteiger partial charge in [-0.2, -0.15) is 0 Å². The topological polar surface area (TPSA) is 27.1 Å². The van der Waals surface area contributed by atoms with Crippen molar-refractivity contribution in [3.63, 3.8) is 0 Å². The van der Waals surface area contributed by atoms with Crippen LogP contribution < -0.4 is 4.74 Å². The van der Waals surface area contributed by atoms with Gasteiger partial charge in [0, 0.05) is 0 Å². The highest BCUT2D eigenvalue weighted by Gasteiger charge is 2.16. The van der Waals surface area contributed by atoms with Crippen molar-refractivity contribution in [2.45, 2.75) is 12.8 Å². The van der Waals surface area contributed by atoms with E-state index in [2.05, 4.69) is 4.98 Å². The number of aryl methyl sites for hydroxylation is 1. The number of ether oxygens (including phenoxy) is 1. The zero-order valence-electron chi connectivity index (χ0n) is 11.7. The lowest BCUT2D eigenvalue weighted by Crippen LogP contribution is -2.00. The lowest BCUT2D eigenvalue weighted by molar-refractivity contribution is 0.419. The van der Waals surface area contributed by atoms with Crippen LogP contribution in [-0.2, 0) is 5.88 Å². The maximum Gasteiger partial charge on any atom is 0.146 e. The van der Waals surface area contributed by atoms with Crippen molar-refractivity contribution in [1.29, 1.82) is 0 Å². The molecule has 0 saturated carbocycles. The van der Waals surface area contributed by atoms with Crippen LogP contribution in [0.3, 0.4) is 0 Å². The van der Waals surface area contributed by atoms with Gasteiger partial charge in [-0.3, -0.25) is 4.57 Å². The van der Waals surface area contributed by atoms with Crippen LogP contribution in [0, 0.1) is 6.92 Å². The first kappa shape index (κ1) is 14.2. The molecule has 0 aliphatic heterocycles. The number of para-hydroxylation sites is 1. The zero-order chi connectivity index (χ0) is 15.0. The van der Waals surface area contributed by atoms with Crippen LogP contribution in [0.1, 0.15) is 11.4 Å². The summed E-state index contributed by atoms with van der Waals surface area (Å²) >= 11 is 12.5. The summed E-state index contributed by atoms with van der Waals surface area (Å²) in [4.78, 5) is 4.59. The molecule has 0 saturated heterocycles. The first-order valence-electron chi connectivity index (χ1n) is 6.52. The molecule has 1 heterocycles. The van der Waals surface area contributed by atoms with Crippen molar-refractivity contribution in [3.8, 4) is 11.4 Å². The molecule has 3 nitrogen and oxygen atoms in total. The molecule has 0 bridgehead atoms. The monoisotopic (exact) mass is 320 g/mol. The standard InChI is InChI=1S/C16H14Cl2N2O/c1-10-6-7-12(11(18)8-10)20-13-4-3-5-14(21-2)16(13)19-15(20)9-17/h3-8H,9H2,1-2H3. The molecule has 2 aromatic carbocycles. The van der Waals surface area contributed by atoms with Gasteiger partial charge >= 0.3 is 0 Å². The van der Waals surface area contributed by atoms with Crippen molar-refractivity contribution in [2.24, 2.45) is 0 Å². The summed E-state index contributed by atoms with van der Waals surface area (Å²) in [6.45, 7) is 2.01. The second kappa shape index (κ2) is 5.58. The van der Waals surface area contributed by atoms with E-state index in [1.54, 1.807) is 7.11 Å². The van der Waals surface area contributed by atoms with E-state index in [9.17, 15) is 0 Å². The highest BCUT2D eigenvalue weighted by Crippen LogP contribution is 2.32. The van der Waals surface area contributed by atoms with Crippen LogP contribution in [0.2, 0.25) is 5.02 Å². The number of imidazole rings is 1. The smallest absolute Gasteiger partial charge is 0.146 e. The number of rotatable bonds is 3. The molecule has 1 aromatic heterocycles. The van der Waals surface area contributed by atoms with E-state index in [0.29, 0.717) is 10.9 Å². The molecule has 3 aromatic rings. The van der Waals surface area contributed by atoms with Crippen molar-refractivity contribution in [2.75, 3.05) is 7.11 Å². The fourth-order valence-corrected chi connectivity index (χ4v) is 2.94. The largest absolute Gasteiger partial charge is 0.494 e. The van der Waals surface area contributed by atoms with Gasteiger partial charge in [-0.15, -0.1) is 11.6 Å². The summed E-state index contributed by atoms with van der Waals surface area (Å²) in [6, 6.07) is 11.7. The zero-order valence-corrected chi connectivity index (χ0v) is 13.2. The summed E-state index contributed by atoms with van der Waals surface area (Å²) in [5, 5.41) is 0.670. The minimum absolute atomic E-state index is 0.294. The van der Waals surface area contributed by atoms with Gasteiger partial charge in [-0.1, -0.05) is 23.7 Å². The summed E-state index contributed by atoms with van der Waals surface area (Å²) in [7, 11) is 1.63. The van der Waals surface area contributed by atoms with E-state index in [1.807, 2.05) is 47.9 Å². The van der Waals surface area contributed by atoms with Crippen LogP contribution in [0.4, 0.5) is 0 Å². The number of aromatic nitrogens is 2. The molecular formula is C16H14Cl2N2O. The van der Waals surface area contributed by atoms with Crippen molar-refractivity contribution in [1.82, 2.24) is 9.55 Å². The van der Waals surface area contributed by atoms with E-state index in [0.717, 1.165) is 33.9 Å². The Morgan fingerprint density at radius 1 is 1.24 bits per heavy atom. The highest BCUT2D eigenvalue weighted by atomic mass is 35.5. The summed E-state index contributed by atoms with van der Waals surface area (Å²) in [6.07, 6.45) is 0.